The van der Waals surface area contributed by atoms with Crippen molar-refractivity contribution in [2.75, 3.05) is 19.8 Å². The maximum Gasteiger partial charge on any atom is 0.0726 e. The molecule has 1 heterocycles. The van der Waals surface area contributed by atoms with Crippen molar-refractivity contribution in [3.63, 3.8) is 0 Å². The van der Waals surface area contributed by atoms with Crippen LogP contribution in [0, 0.1) is 0 Å². The molecule has 3 nitrogen and oxygen atoms in total. The minimum atomic E-state index is 0.423. The molecule has 16 heavy (non-hydrogen) atoms. The van der Waals surface area contributed by atoms with Crippen LogP contribution in [0.25, 0.3) is 0 Å². The van der Waals surface area contributed by atoms with Crippen LogP contribution < -0.4 is 5.32 Å². The third kappa shape index (κ3) is 3.72. The van der Waals surface area contributed by atoms with Gasteiger partial charge in [-0.3, -0.25) is 0 Å². The molecule has 1 saturated carbocycles. The van der Waals surface area contributed by atoms with Crippen LogP contribution in [0.1, 0.15) is 45.4 Å². The van der Waals surface area contributed by atoms with E-state index in [9.17, 15) is 0 Å². The molecule has 0 radical (unpaired) electrons. The van der Waals surface area contributed by atoms with E-state index >= 15 is 0 Å². The highest BCUT2D eigenvalue weighted by molar-refractivity contribution is 4.76. The average Bonchev–Trinajstić information content (AvgIpc) is 2.96. The molecule has 1 aliphatic heterocycles. The molecule has 0 aromatic rings. The van der Waals surface area contributed by atoms with E-state index in [2.05, 4.69) is 12.2 Å². The molecule has 0 spiro atoms. The summed E-state index contributed by atoms with van der Waals surface area (Å²) >= 11 is 0. The predicted octanol–water partition coefficient (Wildman–Crippen LogP) is 2.10. The van der Waals surface area contributed by atoms with Gasteiger partial charge >= 0.3 is 0 Å². The zero-order chi connectivity index (χ0) is 11.2. The third-order valence-electron chi connectivity index (χ3n) is 3.75. The largest absolute Gasteiger partial charge is 0.377 e. The van der Waals surface area contributed by atoms with Gasteiger partial charge in [-0.05, 0) is 32.6 Å². The fraction of sp³-hybridized carbons (Fsp3) is 1.00. The molecule has 1 N–H and O–H groups in total. The van der Waals surface area contributed by atoms with E-state index in [4.69, 9.17) is 9.47 Å². The Morgan fingerprint density at radius 1 is 1.25 bits per heavy atom. The summed E-state index contributed by atoms with van der Waals surface area (Å²) in [6, 6.07) is 0.467. The quantitative estimate of drug-likeness (QED) is 0.705. The van der Waals surface area contributed by atoms with E-state index in [1.807, 2.05) is 0 Å². The van der Waals surface area contributed by atoms with Gasteiger partial charge in [0.25, 0.3) is 0 Å². The van der Waals surface area contributed by atoms with Crippen molar-refractivity contribution in [2.24, 2.45) is 0 Å². The molecule has 94 valence electrons. The molecule has 2 rings (SSSR count). The molecule has 2 unspecified atom stereocenters. The monoisotopic (exact) mass is 227 g/mol. The minimum Gasteiger partial charge on any atom is -0.377 e. The van der Waals surface area contributed by atoms with Crippen LogP contribution in [-0.2, 0) is 9.47 Å². The van der Waals surface area contributed by atoms with Crippen LogP contribution in [0.2, 0.25) is 0 Å². The molecular formula is C13H25NO2. The summed E-state index contributed by atoms with van der Waals surface area (Å²) in [5.41, 5.74) is 0. The Morgan fingerprint density at radius 2 is 2.06 bits per heavy atom. The molecular weight excluding hydrogens is 202 g/mol. The first kappa shape index (κ1) is 12.3. The van der Waals surface area contributed by atoms with Gasteiger partial charge in [-0.2, -0.15) is 0 Å². The van der Waals surface area contributed by atoms with Gasteiger partial charge in [0.2, 0.25) is 0 Å². The first-order valence-corrected chi connectivity index (χ1v) is 6.83. The SMILES string of the molecule is CC(NCCOC1CCCC1)C1CCCO1. The summed E-state index contributed by atoms with van der Waals surface area (Å²) in [4.78, 5) is 0. The molecule has 2 atom stereocenters. The Bertz CT molecular complexity index is 186. The molecule has 0 bridgehead atoms. The molecule has 3 heteroatoms. The van der Waals surface area contributed by atoms with Gasteiger partial charge in [0.15, 0.2) is 0 Å². The highest BCUT2D eigenvalue weighted by atomic mass is 16.5. The van der Waals surface area contributed by atoms with Crippen molar-refractivity contribution >= 4 is 0 Å². The van der Waals surface area contributed by atoms with E-state index in [-0.39, 0.29) is 0 Å². The smallest absolute Gasteiger partial charge is 0.0726 e. The lowest BCUT2D eigenvalue weighted by Crippen LogP contribution is -2.39. The van der Waals surface area contributed by atoms with Crippen LogP contribution in [0.3, 0.4) is 0 Å². The highest BCUT2D eigenvalue weighted by Gasteiger charge is 2.21. The standard InChI is InChI=1S/C13H25NO2/c1-11(13-7-4-9-16-13)14-8-10-15-12-5-2-3-6-12/h11-14H,2-10H2,1H3. The van der Waals surface area contributed by atoms with Crippen molar-refractivity contribution in [1.82, 2.24) is 5.32 Å². The topological polar surface area (TPSA) is 30.5 Å². The third-order valence-corrected chi connectivity index (χ3v) is 3.75. The fourth-order valence-electron chi connectivity index (χ4n) is 2.70. The number of ether oxygens (including phenoxy) is 2. The molecule has 0 aromatic heterocycles. The van der Waals surface area contributed by atoms with Gasteiger partial charge in [0.05, 0.1) is 18.8 Å². The second-order valence-corrected chi connectivity index (χ2v) is 5.07. The first-order chi connectivity index (χ1) is 7.86. The van der Waals surface area contributed by atoms with Crippen LogP contribution in [-0.4, -0.2) is 38.0 Å². The van der Waals surface area contributed by atoms with Crippen LogP contribution in [0.4, 0.5) is 0 Å². The summed E-state index contributed by atoms with van der Waals surface area (Å²) < 4.78 is 11.5. The number of hydrogen-bond donors (Lipinski definition) is 1. The van der Waals surface area contributed by atoms with Crippen molar-refractivity contribution in [3.05, 3.63) is 0 Å². The summed E-state index contributed by atoms with van der Waals surface area (Å²) in [5.74, 6) is 0. The lowest BCUT2D eigenvalue weighted by Gasteiger charge is -2.20. The number of nitrogens with one attached hydrogen (secondary N) is 1. The number of hydrogen-bond acceptors (Lipinski definition) is 3. The van der Waals surface area contributed by atoms with Gasteiger partial charge in [-0.1, -0.05) is 12.8 Å². The Labute approximate surface area is 98.9 Å². The van der Waals surface area contributed by atoms with E-state index in [1.165, 1.54) is 38.5 Å². The Hall–Kier alpha value is -0.120. The number of rotatable bonds is 6. The van der Waals surface area contributed by atoms with E-state index < -0.39 is 0 Å². The summed E-state index contributed by atoms with van der Waals surface area (Å²) in [7, 11) is 0. The average molecular weight is 227 g/mol. The Balaban J connectivity index is 1.50. The van der Waals surface area contributed by atoms with Crippen LogP contribution in [0.5, 0.6) is 0 Å². The van der Waals surface area contributed by atoms with Crippen molar-refractivity contribution < 1.29 is 9.47 Å². The normalized spacial score (nSPS) is 28.7. The molecule has 1 saturated heterocycles. The van der Waals surface area contributed by atoms with Crippen molar-refractivity contribution in [1.29, 1.82) is 0 Å². The summed E-state index contributed by atoms with van der Waals surface area (Å²) in [6.45, 7) is 4.96. The second kappa shape index (κ2) is 6.58. The zero-order valence-corrected chi connectivity index (χ0v) is 10.4. The van der Waals surface area contributed by atoms with Gasteiger partial charge in [-0.15, -0.1) is 0 Å². The van der Waals surface area contributed by atoms with Gasteiger partial charge < -0.3 is 14.8 Å². The molecule has 0 aromatic carbocycles. The predicted molar refractivity (Wildman–Crippen MR) is 64.6 cm³/mol. The Kier molecular flexibility index (Phi) is 5.07. The molecule has 2 fully saturated rings. The molecule has 2 aliphatic rings. The summed E-state index contributed by atoms with van der Waals surface area (Å²) in [6.07, 6.45) is 8.62. The van der Waals surface area contributed by atoms with Crippen LogP contribution >= 0.6 is 0 Å². The van der Waals surface area contributed by atoms with Gasteiger partial charge in [-0.25, -0.2) is 0 Å². The summed E-state index contributed by atoms with van der Waals surface area (Å²) in [5, 5.41) is 3.50. The van der Waals surface area contributed by atoms with E-state index in [1.54, 1.807) is 0 Å². The van der Waals surface area contributed by atoms with E-state index in [0.29, 0.717) is 18.2 Å². The van der Waals surface area contributed by atoms with Crippen LogP contribution in [0.15, 0.2) is 0 Å². The van der Waals surface area contributed by atoms with Gasteiger partial charge in [0, 0.05) is 19.2 Å². The minimum absolute atomic E-state index is 0.423. The Morgan fingerprint density at radius 3 is 2.75 bits per heavy atom. The highest BCUT2D eigenvalue weighted by Crippen LogP contribution is 2.20. The zero-order valence-electron chi connectivity index (χ0n) is 10.4. The fourth-order valence-corrected chi connectivity index (χ4v) is 2.70. The maximum absolute atomic E-state index is 5.81. The molecule has 1 aliphatic carbocycles. The van der Waals surface area contributed by atoms with Crippen molar-refractivity contribution in [2.45, 2.75) is 63.7 Å². The van der Waals surface area contributed by atoms with E-state index in [0.717, 1.165) is 19.8 Å². The van der Waals surface area contributed by atoms with Crippen molar-refractivity contribution in [3.8, 4) is 0 Å². The maximum atomic E-state index is 5.81. The lowest BCUT2D eigenvalue weighted by atomic mass is 10.1. The first-order valence-electron chi connectivity index (χ1n) is 6.83. The molecule has 0 amide bonds. The van der Waals surface area contributed by atoms with Gasteiger partial charge in [0.1, 0.15) is 0 Å². The second-order valence-electron chi connectivity index (χ2n) is 5.07. The lowest BCUT2D eigenvalue weighted by molar-refractivity contribution is 0.0500.